The largest absolute Gasteiger partial charge is 0.307 e. The van der Waals surface area contributed by atoms with Crippen LogP contribution in [0.4, 0.5) is 0 Å². The molecule has 0 amide bonds. The lowest BCUT2D eigenvalue weighted by atomic mass is 9.90. The van der Waals surface area contributed by atoms with E-state index in [-0.39, 0.29) is 0 Å². The summed E-state index contributed by atoms with van der Waals surface area (Å²) in [5.41, 5.74) is 4.96. The number of pyridine rings is 1. The summed E-state index contributed by atoms with van der Waals surface area (Å²) in [6.45, 7) is 5.38. The molecule has 1 saturated heterocycles. The molecule has 3 heterocycles. The average Bonchev–Trinajstić information content (AvgIpc) is 2.97. The fourth-order valence-corrected chi connectivity index (χ4v) is 3.66. The highest BCUT2D eigenvalue weighted by molar-refractivity contribution is 5.41. The molecule has 0 spiro atoms. The van der Waals surface area contributed by atoms with Gasteiger partial charge in [0.15, 0.2) is 0 Å². The van der Waals surface area contributed by atoms with Gasteiger partial charge in [0, 0.05) is 25.5 Å². The molecule has 1 fully saturated rings. The monoisotopic (exact) mass is 305 g/mol. The van der Waals surface area contributed by atoms with Crippen molar-refractivity contribution in [3.63, 3.8) is 0 Å². The van der Waals surface area contributed by atoms with Crippen molar-refractivity contribution in [2.45, 2.75) is 32.2 Å². The Bertz CT molecular complexity index is 791. The van der Waals surface area contributed by atoms with Gasteiger partial charge in [0.1, 0.15) is 5.65 Å². The number of hydrogen-bond acceptors (Lipinski definition) is 2. The summed E-state index contributed by atoms with van der Waals surface area (Å²) >= 11 is 0. The Morgan fingerprint density at radius 2 is 1.96 bits per heavy atom. The molecule has 4 rings (SSSR count). The van der Waals surface area contributed by atoms with Crippen LogP contribution in [-0.2, 0) is 6.54 Å². The van der Waals surface area contributed by atoms with Gasteiger partial charge in [-0.2, -0.15) is 0 Å². The van der Waals surface area contributed by atoms with Crippen LogP contribution in [0.5, 0.6) is 0 Å². The molecule has 0 radical (unpaired) electrons. The van der Waals surface area contributed by atoms with Gasteiger partial charge in [-0.25, -0.2) is 4.98 Å². The lowest BCUT2D eigenvalue weighted by molar-refractivity contribution is 0.198. The molecule has 23 heavy (non-hydrogen) atoms. The highest BCUT2D eigenvalue weighted by Crippen LogP contribution is 2.27. The Hall–Kier alpha value is -2.13. The van der Waals surface area contributed by atoms with E-state index in [4.69, 9.17) is 4.98 Å². The van der Waals surface area contributed by atoms with Gasteiger partial charge in [0.25, 0.3) is 0 Å². The Labute approximate surface area is 137 Å². The molecule has 2 aromatic heterocycles. The van der Waals surface area contributed by atoms with Crippen LogP contribution in [0.1, 0.15) is 35.6 Å². The number of piperidine rings is 1. The Morgan fingerprint density at radius 3 is 2.83 bits per heavy atom. The van der Waals surface area contributed by atoms with Crippen LogP contribution in [-0.4, -0.2) is 27.4 Å². The number of imidazole rings is 1. The normalized spacial score (nSPS) is 19.3. The number of benzene rings is 1. The van der Waals surface area contributed by atoms with Gasteiger partial charge in [0.05, 0.1) is 5.69 Å². The molecular weight excluding hydrogens is 282 g/mol. The topological polar surface area (TPSA) is 20.5 Å². The zero-order chi connectivity index (χ0) is 15.6. The number of hydrogen-bond donors (Lipinski definition) is 0. The minimum atomic E-state index is 0.657. The minimum Gasteiger partial charge on any atom is -0.307 e. The van der Waals surface area contributed by atoms with Crippen molar-refractivity contribution in [1.29, 1.82) is 0 Å². The first kappa shape index (κ1) is 14.5. The first-order chi connectivity index (χ1) is 11.3. The maximum Gasteiger partial charge on any atom is 0.137 e. The maximum absolute atomic E-state index is 4.77. The highest BCUT2D eigenvalue weighted by atomic mass is 15.1. The SMILES string of the molecule is Cc1ccc2nc(CN3CCC[C@@H](c4ccccc4)C3)cn2c1. The number of aromatic nitrogens is 2. The van der Waals surface area contributed by atoms with E-state index in [0.29, 0.717) is 5.92 Å². The third kappa shape index (κ3) is 3.15. The first-order valence-corrected chi connectivity index (χ1v) is 8.49. The van der Waals surface area contributed by atoms with Crippen LogP contribution in [0, 0.1) is 6.92 Å². The van der Waals surface area contributed by atoms with Gasteiger partial charge in [0.2, 0.25) is 0 Å². The summed E-state index contributed by atoms with van der Waals surface area (Å²) in [6, 6.07) is 15.2. The molecule has 118 valence electrons. The van der Waals surface area contributed by atoms with Gasteiger partial charge >= 0.3 is 0 Å². The molecule has 3 nitrogen and oxygen atoms in total. The predicted molar refractivity (Wildman–Crippen MR) is 93.6 cm³/mol. The molecule has 3 aromatic rings. The lowest BCUT2D eigenvalue weighted by Gasteiger charge is -2.32. The van der Waals surface area contributed by atoms with E-state index in [1.54, 1.807) is 0 Å². The number of rotatable bonds is 3. The zero-order valence-corrected chi connectivity index (χ0v) is 13.7. The van der Waals surface area contributed by atoms with Crippen LogP contribution in [0.15, 0.2) is 54.9 Å². The number of nitrogens with zero attached hydrogens (tertiary/aromatic N) is 3. The smallest absolute Gasteiger partial charge is 0.137 e. The van der Waals surface area contributed by atoms with Crippen LogP contribution in [0.2, 0.25) is 0 Å². The van der Waals surface area contributed by atoms with Crippen molar-refractivity contribution in [3.8, 4) is 0 Å². The number of likely N-dealkylation sites (tertiary alicyclic amines) is 1. The van der Waals surface area contributed by atoms with Gasteiger partial charge in [-0.3, -0.25) is 4.90 Å². The van der Waals surface area contributed by atoms with Crippen molar-refractivity contribution < 1.29 is 0 Å². The van der Waals surface area contributed by atoms with E-state index in [1.165, 1.54) is 36.2 Å². The fraction of sp³-hybridized carbons (Fsp3) is 0.350. The molecule has 0 N–H and O–H groups in total. The Kier molecular flexibility index (Phi) is 3.88. The molecule has 0 saturated carbocycles. The van der Waals surface area contributed by atoms with E-state index in [1.807, 2.05) is 0 Å². The third-order valence-corrected chi connectivity index (χ3v) is 4.81. The second kappa shape index (κ2) is 6.17. The molecular formula is C20H23N3. The van der Waals surface area contributed by atoms with Crippen LogP contribution in [0.25, 0.3) is 5.65 Å². The average molecular weight is 305 g/mol. The summed E-state index contributed by atoms with van der Waals surface area (Å²) in [5.74, 6) is 0.657. The molecule has 0 aliphatic carbocycles. The van der Waals surface area contributed by atoms with Crippen molar-refractivity contribution in [2.75, 3.05) is 13.1 Å². The number of aryl methyl sites for hydroxylation is 1. The Balaban J connectivity index is 1.49. The van der Waals surface area contributed by atoms with Crippen molar-refractivity contribution in [3.05, 3.63) is 71.7 Å². The van der Waals surface area contributed by atoms with E-state index in [0.717, 1.165) is 18.7 Å². The zero-order valence-electron chi connectivity index (χ0n) is 13.7. The number of fused-ring (bicyclic) bond motifs is 1. The van der Waals surface area contributed by atoms with Crippen molar-refractivity contribution in [1.82, 2.24) is 14.3 Å². The van der Waals surface area contributed by atoms with Crippen LogP contribution in [0.3, 0.4) is 0 Å². The van der Waals surface area contributed by atoms with E-state index in [9.17, 15) is 0 Å². The molecule has 3 heteroatoms. The molecule has 1 aliphatic rings. The third-order valence-electron chi connectivity index (χ3n) is 4.81. The summed E-state index contributed by atoms with van der Waals surface area (Å²) in [6.07, 6.45) is 6.89. The second-order valence-corrected chi connectivity index (χ2v) is 6.69. The first-order valence-electron chi connectivity index (χ1n) is 8.49. The van der Waals surface area contributed by atoms with Crippen molar-refractivity contribution in [2.24, 2.45) is 0 Å². The summed E-state index contributed by atoms with van der Waals surface area (Å²) in [4.78, 5) is 7.32. The maximum atomic E-state index is 4.77. The van der Waals surface area contributed by atoms with E-state index < -0.39 is 0 Å². The quantitative estimate of drug-likeness (QED) is 0.728. The molecule has 1 atom stereocenters. The van der Waals surface area contributed by atoms with Gasteiger partial charge in [-0.1, -0.05) is 36.4 Å². The van der Waals surface area contributed by atoms with Gasteiger partial charge in [-0.05, 0) is 49.4 Å². The highest BCUT2D eigenvalue weighted by Gasteiger charge is 2.21. The van der Waals surface area contributed by atoms with Gasteiger partial charge < -0.3 is 4.40 Å². The Morgan fingerprint density at radius 1 is 1.09 bits per heavy atom. The van der Waals surface area contributed by atoms with Crippen LogP contribution < -0.4 is 0 Å². The van der Waals surface area contributed by atoms with Gasteiger partial charge in [-0.15, -0.1) is 0 Å². The fourth-order valence-electron chi connectivity index (χ4n) is 3.66. The van der Waals surface area contributed by atoms with Crippen LogP contribution >= 0.6 is 0 Å². The van der Waals surface area contributed by atoms with Crippen molar-refractivity contribution >= 4 is 5.65 Å². The summed E-state index contributed by atoms with van der Waals surface area (Å²) < 4.78 is 2.14. The molecule has 0 unspecified atom stereocenters. The van der Waals surface area contributed by atoms with E-state index in [2.05, 4.69) is 71.1 Å². The standard InChI is InChI=1S/C20H23N3/c1-16-9-10-20-21-19(15-23(20)12-16)14-22-11-5-8-18(13-22)17-6-3-2-4-7-17/h2-4,6-7,9-10,12,15,18H,5,8,11,13-14H2,1H3/t18-/m1/s1. The molecule has 1 aromatic carbocycles. The second-order valence-electron chi connectivity index (χ2n) is 6.69. The molecule has 1 aliphatic heterocycles. The lowest BCUT2D eigenvalue weighted by Crippen LogP contribution is -2.33. The minimum absolute atomic E-state index is 0.657. The summed E-state index contributed by atoms with van der Waals surface area (Å²) in [7, 11) is 0. The van der Waals surface area contributed by atoms with E-state index >= 15 is 0 Å². The molecule has 0 bridgehead atoms. The predicted octanol–water partition coefficient (Wildman–Crippen LogP) is 4.02. The summed E-state index contributed by atoms with van der Waals surface area (Å²) in [5, 5.41) is 0.